The van der Waals surface area contributed by atoms with E-state index in [4.69, 9.17) is 5.11 Å². The van der Waals surface area contributed by atoms with Crippen LogP contribution in [0.25, 0.3) is 0 Å². The number of halogens is 1. The van der Waals surface area contributed by atoms with E-state index < -0.39 is 17.3 Å². The number of carboxylic acid groups (broad SMARTS) is 1. The third-order valence-corrected chi connectivity index (χ3v) is 2.91. The number of carboxylic acids is 1. The lowest BCUT2D eigenvalue weighted by Crippen LogP contribution is -2.03. The minimum absolute atomic E-state index is 0.0551. The van der Waals surface area contributed by atoms with Crippen LogP contribution in [-0.4, -0.2) is 26.0 Å². The molecule has 0 saturated carbocycles. The van der Waals surface area contributed by atoms with Gasteiger partial charge >= 0.3 is 5.97 Å². The number of aryl methyl sites for hydroxylation is 1. The van der Waals surface area contributed by atoms with Gasteiger partial charge < -0.3 is 5.11 Å². The lowest BCUT2D eigenvalue weighted by molar-refractivity contribution is 0.0691. The van der Waals surface area contributed by atoms with Gasteiger partial charge in [-0.15, -0.1) is 0 Å². The molecule has 0 atom stereocenters. The van der Waals surface area contributed by atoms with Crippen molar-refractivity contribution in [1.29, 1.82) is 0 Å². The fourth-order valence-corrected chi connectivity index (χ4v) is 2.01. The van der Waals surface area contributed by atoms with Gasteiger partial charge in [0.2, 0.25) is 0 Å². The van der Waals surface area contributed by atoms with E-state index in [1.807, 2.05) is 0 Å². The molecule has 0 bridgehead atoms. The molecule has 2 rings (SSSR count). The van der Waals surface area contributed by atoms with E-state index in [1.165, 1.54) is 6.20 Å². The maximum absolute atomic E-state index is 13.8. The van der Waals surface area contributed by atoms with Crippen LogP contribution in [0.5, 0.6) is 0 Å². The van der Waals surface area contributed by atoms with E-state index >= 15 is 0 Å². The number of hydrogen-bond acceptors (Lipinski definition) is 5. The molecule has 0 aromatic carbocycles. The summed E-state index contributed by atoms with van der Waals surface area (Å²) in [7, 11) is 0. The van der Waals surface area contributed by atoms with Gasteiger partial charge in [0.25, 0.3) is 0 Å². The summed E-state index contributed by atoms with van der Waals surface area (Å²) >= 11 is 0.888. The zero-order valence-electron chi connectivity index (χ0n) is 9.29. The van der Waals surface area contributed by atoms with Gasteiger partial charge in [0.1, 0.15) is 5.03 Å². The van der Waals surface area contributed by atoms with E-state index in [9.17, 15) is 9.18 Å². The topological polar surface area (TPSA) is 76.0 Å². The minimum atomic E-state index is -1.33. The van der Waals surface area contributed by atoms with Gasteiger partial charge in [-0.1, -0.05) is 0 Å². The molecule has 0 spiro atoms. The zero-order valence-corrected chi connectivity index (χ0v) is 10.1. The summed E-state index contributed by atoms with van der Waals surface area (Å²) in [5, 5.41) is 9.06. The third kappa shape index (κ3) is 2.62. The second-order valence-corrected chi connectivity index (χ2v) is 4.32. The molecule has 5 nitrogen and oxygen atoms in total. The van der Waals surface area contributed by atoms with Crippen molar-refractivity contribution in [2.24, 2.45) is 0 Å². The minimum Gasteiger partial charge on any atom is -0.478 e. The van der Waals surface area contributed by atoms with E-state index in [1.54, 1.807) is 19.2 Å². The lowest BCUT2D eigenvalue weighted by Gasteiger charge is -2.03. The van der Waals surface area contributed by atoms with Crippen molar-refractivity contribution in [1.82, 2.24) is 15.0 Å². The normalized spacial score (nSPS) is 10.3. The molecule has 1 N–H and O–H groups in total. The quantitative estimate of drug-likeness (QED) is 0.857. The van der Waals surface area contributed by atoms with Gasteiger partial charge in [-0.2, -0.15) is 0 Å². The van der Waals surface area contributed by atoms with Gasteiger partial charge in [0, 0.05) is 18.1 Å². The third-order valence-electron chi connectivity index (χ3n) is 2.05. The molecule has 0 fully saturated rings. The van der Waals surface area contributed by atoms with Gasteiger partial charge in [0.15, 0.2) is 11.0 Å². The number of aromatic carboxylic acids is 1. The number of aromatic nitrogens is 3. The average Bonchev–Trinajstić information content (AvgIpc) is 2.31. The van der Waals surface area contributed by atoms with Gasteiger partial charge in [-0.25, -0.2) is 24.1 Å². The molecule has 2 aromatic heterocycles. The van der Waals surface area contributed by atoms with Crippen LogP contribution in [-0.2, 0) is 0 Å². The Hall–Kier alpha value is -2.02. The zero-order chi connectivity index (χ0) is 13.1. The van der Waals surface area contributed by atoms with Crippen LogP contribution in [0.2, 0.25) is 0 Å². The molecule has 0 aliphatic rings. The lowest BCUT2D eigenvalue weighted by atomic mass is 10.3. The monoisotopic (exact) mass is 265 g/mol. The Morgan fingerprint density at radius 1 is 1.33 bits per heavy atom. The summed E-state index contributed by atoms with van der Waals surface area (Å²) in [4.78, 5) is 22.6. The van der Waals surface area contributed by atoms with Crippen LogP contribution in [0.15, 0.2) is 34.7 Å². The van der Waals surface area contributed by atoms with Crippen molar-refractivity contribution >= 4 is 17.7 Å². The molecule has 18 heavy (non-hydrogen) atoms. The standard InChI is InChI=1S/C11H8FN3O2S/c1-6-2-4-14-11(15-6)18-9-8(12)7(10(16)17)3-5-13-9/h2-5H,1H3,(H,16,17). The van der Waals surface area contributed by atoms with Crippen molar-refractivity contribution < 1.29 is 14.3 Å². The van der Waals surface area contributed by atoms with Gasteiger partial charge in [-0.3, -0.25) is 0 Å². The molecule has 2 heterocycles. The Balaban J connectivity index is 2.35. The average molecular weight is 265 g/mol. The fraction of sp³-hybridized carbons (Fsp3) is 0.0909. The summed E-state index contributed by atoms with van der Waals surface area (Å²) in [6, 6.07) is 2.82. The van der Waals surface area contributed by atoms with Gasteiger partial charge in [-0.05, 0) is 30.8 Å². The summed E-state index contributed by atoms with van der Waals surface area (Å²) in [5.74, 6) is -2.21. The number of carbonyl (C=O) groups is 1. The largest absolute Gasteiger partial charge is 0.478 e. The Labute approximate surface area is 106 Å². The van der Waals surface area contributed by atoms with E-state index in [2.05, 4.69) is 15.0 Å². The van der Waals surface area contributed by atoms with Crippen molar-refractivity contribution in [3.8, 4) is 0 Å². The first-order valence-electron chi connectivity index (χ1n) is 4.93. The summed E-state index contributed by atoms with van der Waals surface area (Å²) in [6.45, 7) is 1.78. The Bertz CT molecular complexity index is 607. The summed E-state index contributed by atoms with van der Waals surface area (Å²) in [5.41, 5.74) is 0.322. The molecule has 0 unspecified atom stereocenters. The highest BCUT2D eigenvalue weighted by Gasteiger charge is 2.16. The maximum Gasteiger partial charge on any atom is 0.338 e. The van der Waals surface area contributed by atoms with Crippen molar-refractivity contribution in [3.63, 3.8) is 0 Å². The number of rotatable bonds is 3. The van der Waals surface area contributed by atoms with Crippen molar-refractivity contribution in [3.05, 3.63) is 41.6 Å². The summed E-state index contributed by atoms with van der Waals surface area (Å²) < 4.78 is 13.8. The molecule has 0 amide bonds. The van der Waals surface area contributed by atoms with E-state index in [0.717, 1.165) is 23.5 Å². The van der Waals surface area contributed by atoms with Crippen LogP contribution < -0.4 is 0 Å². The number of hydrogen-bond donors (Lipinski definition) is 1. The predicted molar refractivity (Wildman–Crippen MR) is 62.0 cm³/mol. The van der Waals surface area contributed by atoms with E-state index in [-0.39, 0.29) is 5.03 Å². The molecule has 2 aromatic rings. The first-order valence-corrected chi connectivity index (χ1v) is 5.75. The van der Waals surface area contributed by atoms with Crippen LogP contribution >= 0.6 is 11.8 Å². The molecule has 0 radical (unpaired) electrons. The van der Waals surface area contributed by atoms with Crippen LogP contribution in [0.1, 0.15) is 16.1 Å². The maximum atomic E-state index is 13.8. The number of pyridine rings is 1. The molecule has 0 saturated heterocycles. The van der Waals surface area contributed by atoms with Crippen LogP contribution in [0, 0.1) is 12.7 Å². The first-order chi connectivity index (χ1) is 8.58. The number of nitrogens with zero attached hydrogens (tertiary/aromatic N) is 3. The second-order valence-electron chi connectivity index (χ2n) is 3.37. The molecular weight excluding hydrogens is 257 g/mol. The molecule has 0 aliphatic heterocycles. The highest BCUT2D eigenvalue weighted by molar-refractivity contribution is 7.99. The van der Waals surface area contributed by atoms with Gasteiger partial charge in [0.05, 0.1) is 5.56 Å². The highest BCUT2D eigenvalue weighted by Crippen LogP contribution is 2.26. The van der Waals surface area contributed by atoms with Crippen molar-refractivity contribution in [2.75, 3.05) is 0 Å². The Morgan fingerprint density at radius 3 is 2.72 bits per heavy atom. The highest BCUT2D eigenvalue weighted by atomic mass is 32.2. The predicted octanol–water partition coefficient (Wildman–Crippen LogP) is 2.17. The van der Waals surface area contributed by atoms with Crippen LogP contribution in [0.3, 0.4) is 0 Å². The molecule has 92 valence electrons. The molecular formula is C11H8FN3O2S. The fourth-order valence-electron chi connectivity index (χ4n) is 1.22. The van der Waals surface area contributed by atoms with Crippen molar-refractivity contribution in [2.45, 2.75) is 17.1 Å². The molecule has 0 aliphatic carbocycles. The van der Waals surface area contributed by atoms with Crippen LogP contribution in [0.4, 0.5) is 4.39 Å². The SMILES string of the molecule is Cc1ccnc(Sc2nccc(C(=O)O)c2F)n1. The Morgan fingerprint density at radius 2 is 2.06 bits per heavy atom. The second kappa shape index (κ2) is 5.09. The molecule has 7 heteroatoms. The first kappa shape index (κ1) is 12.4. The summed E-state index contributed by atoms with van der Waals surface area (Å²) in [6.07, 6.45) is 2.79. The smallest absolute Gasteiger partial charge is 0.338 e. The van der Waals surface area contributed by atoms with E-state index in [0.29, 0.717) is 5.16 Å². The Kier molecular flexibility index (Phi) is 3.52.